The highest BCUT2D eigenvalue weighted by atomic mass is 16.6. The molecule has 0 heterocycles. The Balaban J connectivity index is 0.00000400. The van der Waals surface area contributed by atoms with Gasteiger partial charge in [0, 0.05) is 0 Å². The number of aliphatic carboxylic acids is 2. The number of ether oxygens (including phenoxy) is 1. The van der Waals surface area contributed by atoms with Gasteiger partial charge in [0.25, 0.3) is 0 Å². The predicted octanol–water partition coefficient (Wildman–Crippen LogP) is -0.466. The van der Waals surface area contributed by atoms with E-state index in [1.54, 1.807) is 13.0 Å². The number of carboxylic acid groups (broad SMARTS) is 2. The zero-order valence-corrected chi connectivity index (χ0v) is 11.4. The van der Waals surface area contributed by atoms with Gasteiger partial charge in [-0.05, 0) is 37.1 Å². The van der Waals surface area contributed by atoms with Crippen molar-refractivity contribution in [2.45, 2.75) is 26.1 Å². The number of aliphatic hydroxyl groups excluding tert-OH is 1. The number of esters is 1. The van der Waals surface area contributed by atoms with E-state index in [0.717, 1.165) is 11.1 Å². The quantitative estimate of drug-likeness (QED) is 0.621. The first-order valence-electron chi connectivity index (χ1n) is 5.66. The van der Waals surface area contributed by atoms with Gasteiger partial charge >= 0.3 is 17.9 Å². The van der Waals surface area contributed by atoms with Crippen LogP contribution >= 0.6 is 0 Å². The van der Waals surface area contributed by atoms with E-state index in [0.29, 0.717) is 0 Å². The van der Waals surface area contributed by atoms with Gasteiger partial charge < -0.3 is 25.5 Å². The highest BCUT2D eigenvalue weighted by Gasteiger charge is 2.35. The Bertz CT molecular complexity index is 551. The molecule has 0 aliphatic carbocycles. The van der Waals surface area contributed by atoms with E-state index in [-0.39, 0.29) is 11.0 Å². The van der Waals surface area contributed by atoms with Crippen LogP contribution in [-0.2, 0) is 14.3 Å². The second-order valence-corrected chi connectivity index (χ2v) is 4.25. The van der Waals surface area contributed by atoms with Gasteiger partial charge in [0.15, 0.2) is 6.10 Å². The Kier molecular flexibility index (Phi) is 6.50. The normalized spacial score (nSPS) is 12.7. The maximum Gasteiger partial charge on any atom is 0.348 e. The van der Waals surface area contributed by atoms with Crippen molar-refractivity contribution < 1.29 is 39.9 Å². The zero-order valence-electron chi connectivity index (χ0n) is 11.4. The van der Waals surface area contributed by atoms with Crippen LogP contribution in [0.15, 0.2) is 18.2 Å². The fourth-order valence-electron chi connectivity index (χ4n) is 1.43. The summed E-state index contributed by atoms with van der Waals surface area (Å²) >= 11 is 0. The number of carbonyl (C=O) groups is 3. The van der Waals surface area contributed by atoms with Crippen LogP contribution in [0.25, 0.3) is 0 Å². The summed E-state index contributed by atoms with van der Waals surface area (Å²) in [6.07, 6.45) is -4.50. The van der Waals surface area contributed by atoms with Gasteiger partial charge in [0.2, 0.25) is 6.10 Å². The Labute approximate surface area is 119 Å². The average Bonchev–Trinajstić information content (AvgIpc) is 2.37. The average molecular weight is 300 g/mol. The molecule has 2 atom stereocenters. The van der Waals surface area contributed by atoms with Gasteiger partial charge in [0.05, 0.1) is 5.56 Å². The van der Waals surface area contributed by atoms with Crippen LogP contribution in [0.3, 0.4) is 0 Å². The molecule has 1 aromatic rings. The fourth-order valence-corrected chi connectivity index (χ4v) is 1.43. The monoisotopic (exact) mass is 300 g/mol. The minimum Gasteiger partial charge on any atom is -0.479 e. The zero-order chi connectivity index (χ0) is 15.4. The lowest BCUT2D eigenvalue weighted by Gasteiger charge is -2.16. The molecule has 8 nitrogen and oxygen atoms in total. The first-order valence-corrected chi connectivity index (χ1v) is 5.66. The molecular formula is C13H16O8. The first kappa shape index (κ1) is 18.6. The second kappa shape index (κ2) is 7.36. The van der Waals surface area contributed by atoms with Crippen molar-refractivity contribution in [2.24, 2.45) is 0 Å². The number of rotatable bonds is 5. The summed E-state index contributed by atoms with van der Waals surface area (Å²) in [5.41, 5.74) is 1.81. The third kappa shape index (κ3) is 4.55. The van der Waals surface area contributed by atoms with E-state index in [9.17, 15) is 19.5 Å². The Hall–Kier alpha value is -2.45. The van der Waals surface area contributed by atoms with Gasteiger partial charge in [-0.1, -0.05) is 6.07 Å². The number of hydrogen-bond acceptors (Lipinski definition) is 5. The summed E-state index contributed by atoms with van der Waals surface area (Å²) in [6, 6.07) is 4.57. The molecule has 0 amide bonds. The van der Waals surface area contributed by atoms with Gasteiger partial charge in [-0.15, -0.1) is 0 Å². The molecule has 8 heteroatoms. The molecule has 21 heavy (non-hydrogen) atoms. The van der Waals surface area contributed by atoms with Crippen molar-refractivity contribution in [1.29, 1.82) is 0 Å². The summed E-state index contributed by atoms with van der Waals surface area (Å²) in [7, 11) is 0. The predicted molar refractivity (Wildman–Crippen MR) is 70.0 cm³/mol. The maximum atomic E-state index is 11.8. The summed E-state index contributed by atoms with van der Waals surface area (Å²) in [5, 5.41) is 26.5. The van der Waals surface area contributed by atoms with Crippen molar-refractivity contribution in [3.05, 3.63) is 34.9 Å². The van der Waals surface area contributed by atoms with Crippen LogP contribution in [0.4, 0.5) is 0 Å². The molecule has 0 aromatic heterocycles. The number of benzene rings is 1. The van der Waals surface area contributed by atoms with E-state index in [4.69, 9.17) is 10.2 Å². The maximum absolute atomic E-state index is 11.8. The third-order valence-corrected chi connectivity index (χ3v) is 2.76. The fraction of sp³-hybridized carbons (Fsp3) is 0.308. The standard InChI is InChI=1S/C13H14O7.H2O/c1-6-3-4-8(5-7(6)2)13(19)20-10(12(17)18)9(14)11(15)16;/h3-5,9-10,14H,1-2H3,(H,15,16)(H,17,18);1H2/t9-,10-;/m0./s1. The molecule has 5 N–H and O–H groups in total. The van der Waals surface area contributed by atoms with Crippen molar-refractivity contribution in [3.8, 4) is 0 Å². The third-order valence-electron chi connectivity index (χ3n) is 2.76. The molecule has 0 aliphatic heterocycles. The summed E-state index contributed by atoms with van der Waals surface area (Å²) in [4.78, 5) is 33.2. The van der Waals surface area contributed by atoms with E-state index in [1.807, 2.05) is 6.92 Å². The van der Waals surface area contributed by atoms with Crippen molar-refractivity contribution in [2.75, 3.05) is 0 Å². The highest BCUT2D eigenvalue weighted by molar-refractivity contribution is 5.93. The first-order chi connectivity index (χ1) is 9.23. The van der Waals surface area contributed by atoms with E-state index in [1.165, 1.54) is 12.1 Å². The number of aliphatic hydroxyl groups is 1. The summed E-state index contributed by atoms with van der Waals surface area (Å²) in [5.74, 6) is -4.54. The summed E-state index contributed by atoms with van der Waals surface area (Å²) in [6.45, 7) is 3.59. The topological polar surface area (TPSA) is 153 Å². The molecule has 116 valence electrons. The summed E-state index contributed by atoms with van der Waals surface area (Å²) < 4.78 is 4.55. The molecule has 0 radical (unpaired) electrons. The molecule has 0 unspecified atom stereocenters. The minimum absolute atomic E-state index is 0. The minimum atomic E-state index is -2.33. The molecule has 0 spiro atoms. The van der Waals surface area contributed by atoms with E-state index < -0.39 is 30.1 Å². The van der Waals surface area contributed by atoms with Gasteiger partial charge in [-0.2, -0.15) is 0 Å². The largest absolute Gasteiger partial charge is 0.479 e. The molecule has 0 saturated heterocycles. The highest BCUT2D eigenvalue weighted by Crippen LogP contribution is 2.13. The SMILES string of the molecule is Cc1ccc(C(=O)O[C@H](C(=O)O)[C@H](O)C(=O)O)cc1C.O. The molecular weight excluding hydrogens is 284 g/mol. The van der Waals surface area contributed by atoms with E-state index >= 15 is 0 Å². The van der Waals surface area contributed by atoms with Crippen molar-refractivity contribution >= 4 is 17.9 Å². The Morgan fingerprint density at radius 2 is 1.62 bits per heavy atom. The van der Waals surface area contributed by atoms with Gasteiger partial charge in [-0.25, -0.2) is 14.4 Å². The molecule has 0 fully saturated rings. The lowest BCUT2D eigenvalue weighted by Crippen LogP contribution is -2.43. The van der Waals surface area contributed by atoms with Gasteiger partial charge in [0.1, 0.15) is 0 Å². The van der Waals surface area contributed by atoms with E-state index in [2.05, 4.69) is 4.74 Å². The molecule has 0 bridgehead atoms. The Morgan fingerprint density at radius 3 is 2.05 bits per heavy atom. The smallest absolute Gasteiger partial charge is 0.348 e. The van der Waals surface area contributed by atoms with Gasteiger partial charge in [-0.3, -0.25) is 0 Å². The molecule has 0 aliphatic rings. The van der Waals surface area contributed by atoms with Crippen molar-refractivity contribution in [3.63, 3.8) is 0 Å². The lowest BCUT2D eigenvalue weighted by molar-refractivity contribution is -0.166. The molecule has 1 aromatic carbocycles. The number of aryl methyl sites for hydroxylation is 2. The lowest BCUT2D eigenvalue weighted by atomic mass is 10.1. The van der Waals surface area contributed by atoms with Crippen LogP contribution < -0.4 is 0 Å². The Morgan fingerprint density at radius 1 is 1.05 bits per heavy atom. The molecule has 1 rings (SSSR count). The number of carbonyl (C=O) groups excluding carboxylic acids is 1. The van der Waals surface area contributed by atoms with Crippen LogP contribution in [0, 0.1) is 13.8 Å². The van der Waals surface area contributed by atoms with Crippen LogP contribution in [0.2, 0.25) is 0 Å². The van der Waals surface area contributed by atoms with Crippen LogP contribution in [-0.4, -0.2) is 50.9 Å². The molecule has 0 saturated carbocycles. The van der Waals surface area contributed by atoms with Crippen LogP contribution in [0.1, 0.15) is 21.5 Å². The second-order valence-electron chi connectivity index (χ2n) is 4.25. The van der Waals surface area contributed by atoms with Crippen LogP contribution in [0.5, 0.6) is 0 Å². The number of hydrogen-bond donors (Lipinski definition) is 3. The number of carboxylic acids is 2. The van der Waals surface area contributed by atoms with Crippen molar-refractivity contribution in [1.82, 2.24) is 0 Å².